The minimum absolute atomic E-state index is 0. The van der Waals surface area contributed by atoms with E-state index in [1.165, 1.54) is 105 Å². The number of carbonyl (C=O) groups is 5. The average Bonchev–Trinajstić information content (AvgIpc) is 3.56. The number of nitrogen functional groups attached to an aromatic ring is 1. The maximum atomic E-state index is 11.5. The molecule has 7 N–H and O–H groups in total. The monoisotopic (exact) mass is 1200 g/mol. The van der Waals surface area contributed by atoms with Gasteiger partial charge in [0.05, 0.1) is 92.2 Å². The van der Waals surface area contributed by atoms with Crippen LogP contribution in [0.3, 0.4) is 0 Å². The normalized spacial score (nSPS) is 10.1. The number of esters is 2. The first-order chi connectivity index (χ1) is 38.5. The third-order valence-electron chi connectivity index (χ3n) is 10.3. The third-order valence-corrected chi connectivity index (χ3v) is 10.6. The van der Waals surface area contributed by atoms with E-state index >= 15 is 0 Å². The molecule has 0 atom stereocenters. The number of aromatic nitrogens is 7. The molecule has 0 amide bonds. The van der Waals surface area contributed by atoms with Gasteiger partial charge >= 0.3 is 17.9 Å². The molecule has 0 unspecified atom stereocenters. The predicted molar refractivity (Wildman–Crippen MR) is 301 cm³/mol. The number of ether oxygens (including phenoxy) is 7. The predicted octanol–water partition coefficient (Wildman–Crippen LogP) is 7.14. The summed E-state index contributed by atoms with van der Waals surface area (Å²) in [6, 6.07) is 16.5. The van der Waals surface area contributed by atoms with Crippen molar-refractivity contribution in [2.24, 2.45) is 0 Å². The van der Waals surface area contributed by atoms with Crippen molar-refractivity contribution < 1.29 is 73.0 Å². The number of nitrogens with zero attached hydrogens (tertiary/aromatic N) is 4. The van der Waals surface area contributed by atoms with Gasteiger partial charge in [0.25, 0.3) is 16.7 Å². The first-order valence-corrected chi connectivity index (χ1v) is 25.4. The molecule has 0 bridgehead atoms. The molecular formula is C51H47Cl3N8O18S. The fraction of sp³-hybridized carbons (Fsp3) is 0.137. The fourth-order valence-corrected chi connectivity index (χ4v) is 6.91. The van der Waals surface area contributed by atoms with Crippen LogP contribution in [0.5, 0.6) is 46.0 Å². The second-order valence-corrected chi connectivity index (χ2v) is 18.2. The SMILES string of the molecule is COc1cc(N)c(C(=O)O)cc1C=O.COc1cc2cc[nH]c(=O)c2cc1C=O.COc1cc2nc[nH]c(=O)c2cc1O.COc1cc2nc[nH]c(=O)c2cc1OC(C)=O.COc1cc2ncnc(Cl)c2cc1OC(C)=O.O=S(Cl)Cl.[2HH]. The molecule has 26 nitrogen and oxygen atoms in total. The number of phenolic OH excluding ortho intramolecular Hbond substituents is 1. The topological polar surface area (TPSA) is 384 Å². The van der Waals surface area contributed by atoms with Gasteiger partial charge in [-0.05, 0) is 47.9 Å². The van der Waals surface area contributed by atoms with E-state index in [1.807, 2.05) is 0 Å². The third kappa shape index (κ3) is 17.7. The number of hydrogen-bond acceptors (Lipinski definition) is 22. The molecule has 0 radical (unpaired) electrons. The summed E-state index contributed by atoms with van der Waals surface area (Å²) >= 11 is 5.93. The van der Waals surface area contributed by atoms with Crippen molar-refractivity contribution in [1.29, 1.82) is 0 Å². The number of aromatic amines is 3. The minimum atomic E-state index is -1.67. The van der Waals surface area contributed by atoms with E-state index in [1.54, 1.807) is 36.5 Å². The van der Waals surface area contributed by atoms with Gasteiger partial charge in [0.2, 0.25) is 9.23 Å². The lowest BCUT2D eigenvalue weighted by Crippen LogP contribution is -2.08. The Bertz CT molecular complexity index is 4000. The summed E-state index contributed by atoms with van der Waals surface area (Å²) in [6.45, 7) is 2.59. The van der Waals surface area contributed by atoms with Crippen LogP contribution in [0, 0.1) is 0 Å². The quantitative estimate of drug-likeness (QED) is 0.0198. The number of carboxylic acid groups (broad SMARTS) is 1. The Labute approximate surface area is 473 Å². The summed E-state index contributed by atoms with van der Waals surface area (Å²) in [5, 5.41) is 21.0. The van der Waals surface area contributed by atoms with Crippen LogP contribution in [-0.4, -0.2) is 115 Å². The van der Waals surface area contributed by atoms with Crippen molar-refractivity contribution in [3.63, 3.8) is 0 Å². The van der Waals surface area contributed by atoms with Crippen LogP contribution >= 0.6 is 33.0 Å². The van der Waals surface area contributed by atoms with Crippen molar-refractivity contribution in [2.45, 2.75) is 13.8 Å². The van der Waals surface area contributed by atoms with E-state index < -0.39 is 27.1 Å². The number of halogens is 3. The maximum Gasteiger partial charge on any atom is 0.337 e. The molecule has 5 aromatic carbocycles. The number of aromatic carboxylic acids is 1. The van der Waals surface area contributed by atoms with Gasteiger partial charge in [-0.2, -0.15) is 0 Å². The first-order valence-electron chi connectivity index (χ1n) is 22.2. The Kier molecular flexibility index (Phi) is 24.0. The highest BCUT2D eigenvalue weighted by atomic mass is 36.0. The van der Waals surface area contributed by atoms with Crippen LogP contribution < -0.4 is 55.6 Å². The molecule has 0 saturated carbocycles. The number of nitrogens with two attached hydrogens (primary N) is 1. The second-order valence-electron chi connectivity index (χ2n) is 15.3. The highest BCUT2D eigenvalue weighted by Crippen LogP contribution is 2.34. The van der Waals surface area contributed by atoms with Crippen molar-refractivity contribution >= 4 is 122 Å². The van der Waals surface area contributed by atoms with Gasteiger partial charge in [-0.1, -0.05) is 11.6 Å². The average molecular weight is 1200 g/mol. The largest absolute Gasteiger partial charge is 0.504 e. The molecule has 0 saturated heterocycles. The Morgan fingerprint density at radius 2 is 1.04 bits per heavy atom. The standard InChI is InChI=1S/C11H9ClN2O3.C11H10N2O4.C11H9NO3.C9H8N2O3.C9H9NO4.Cl2OS.H2/c1-6(15)17-10-3-7-8(4-9(10)16-2)13-5-14-11(7)12;1-6(14)17-10-3-7-8(4-9(10)16-2)12-5-13-11(7)15;1-15-10-5-7-2-3-12-11(14)9(7)4-8(10)6-13;1-14-8-3-6-5(2-7(8)12)9(13)11-4-10-6;1-14-8-3-7(10)6(9(12)13)2-5(8)4-11;1-4(2)3;/h3-5H,1-2H3;3-5H,1-2H3,(H,12,13,15);2-6H,1H3,(H,12,14);2-4,12H,1H3,(H,10,11,13);2-4H,10H2,1H3,(H,12,13);;1H/i;;;;;;1+1. The summed E-state index contributed by atoms with van der Waals surface area (Å²) in [4.78, 5) is 111. The summed E-state index contributed by atoms with van der Waals surface area (Å²) in [5.74, 6) is 0.148. The number of rotatable bonds is 10. The maximum absolute atomic E-state index is 11.5. The Morgan fingerprint density at radius 1 is 0.593 bits per heavy atom. The molecule has 9 aromatic rings. The lowest BCUT2D eigenvalue weighted by atomic mass is 10.1. The molecule has 0 aliphatic heterocycles. The van der Waals surface area contributed by atoms with Crippen LogP contribution in [-0.2, 0) is 18.8 Å². The van der Waals surface area contributed by atoms with E-state index in [4.69, 9.17) is 59.8 Å². The van der Waals surface area contributed by atoms with Crippen LogP contribution in [0.2, 0.25) is 5.15 Å². The van der Waals surface area contributed by atoms with Crippen LogP contribution in [0.4, 0.5) is 5.69 Å². The second kappa shape index (κ2) is 30.4. The number of benzene rings is 5. The summed E-state index contributed by atoms with van der Waals surface area (Å²) < 4.78 is 44.0. The van der Waals surface area contributed by atoms with Crippen molar-refractivity contribution in [3.8, 4) is 46.0 Å². The number of aldehydes is 2. The summed E-state index contributed by atoms with van der Waals surface area (Å²) in [7, 11) is 14.6. The number of anilines is 1. The Hall–Kier alpha value is -9.70. The molecule has 30 heteroatoms. The van der Waals surface area contributed by atoms with Crippen LogP contribution in [0.15, 0.2) is 106 Å². The van der Waals surface area contributed by atoms with E-state index in [2.05, 4.69) is 56.3 Å². The number of carbonyl (C=O) groups excluding carboxylic acids is 4. The zero-order valence-electron chi connectivity index (χ0n) is 43.1. The van der Waals surface area contributed by atoms with Crippen LogP contribution in [0.25, 0.3) is 43.5 Å². The Morgan fingerprint density at radius 3 is 1.52 bits per heavy atom. The molecule has 0 fully saturated rings. The van der Waals surface area contributed by atoms with Gasteiger partial charge < -0.3 is 64.1 Å². The van der Waals surface area contributed by atoms with Crippen LogP contribution in [0.1, 0.15) is 46.3 Å². The summed E-state index contributed by atoms with van der Waals surface area (Å²) in [5.41, 5.74) is 6.74. The lowest BCUT2D eigenvalue weighted by Gasteiger charge is -2.09. The molecule has 4 heterocycles. The van der Waals surface area contributed by atoms with E-state index in [0.717, 1.165) is 5.39 Å². The van der Waals surface area contributed by atoms with E-state index in [-0.39, 0.29) is 52.2 Å². The molecule has 9 rings (SSSR count). The number of aromatic hydroxyl groups is 1. The molecule has 426 valence electrons. The van der Waals surface area contributed by atoms with E-state index in [9.17, 15) is 43.5 Å². The lowest BCUT2D eigenvalue weighted by molar-refractivity contribution is -0.132. The van der Waals surface area contributed by atoms with Gasteiger partial charge in [0, 0.05) is 83.6 Å². The number of methoxy groups -OCH3 is 5. The van der Waals surface area contributed by atoms with Gasteiger partial charge in [-0.25, -0.2) is 28.9 Å². The number of fused-ring (bicyclic) bond motifs is 4. The summed E-state index contributed by atoms with van der Waals surface area (Å²) in [6.07, 6.45) is 6.71. The number of nitrogens with one attached hydrogen (secondary N) is 3. The highest BCUT2D eigenvalue weighted by Gasteiger charge is 2.15. The number of H-pyrrole nitrogens is 3. The highest BCUT2D eigenvalue weighted by molar-refractivity contribution is 8.26. The molecule has 0 aliphatic rings. The van der Waals surface area contributed by atoms with Gasteiger partial charge in [0.1, 0.15) is 23.0 Å². The smallest absolute Gasteiger partial charge is 0.337 e. The number of carboxylic acids is 1. The Balaban J connectivity index is 0.000000264. The van der Waals surface area contributed by atoms with Gasteiger partial charge in [-0.15, -0.1) is 0 Å². The van der Waals surface area contributed by atoms with Crippen molar-refractivity contribution in [1.82, 2.24) is 34.9 Å². The number of hydrogen-bond donors (Lipinski definition) is 6. The molecule has 0 spiro atoms. The van der Waals surface area contributed by atoms with Gasteiger partial charge in [-0.3, -0.25) is 33.6 Å². The molecular weight excluding hydrogens is 1150 g/mol. The zero-order valence-corrected chi connectivity index (χ0v) is 46.2. The van der Waals surface area contributed by atoms with Gasteiger partial charge in [0.15, 0.2) is 47.1 Å². The first kappa shape index (κ1) is 63.8. The minimum Gasteiger partial charge on any atom is -0.504 e. The molecule has 4 aromatic heterocycles. The molecule has 81 heavy (non-hydrogen) atoms. The molecule has 0 aliphatic carbocycles. The van der Waals surface area contributed by atoms with E-state index in [0.29, 0.717) is 90.1 Å². The number of pyridine rings is 1. The number of phenols is 1. The van der Waals surface area contributed by atoms with Crippen molar-refractivity contribution in [2.75, 3.05) is 41.3 Å². The van der Waals surface area contributed by atoms with Crippen molar-refractivity contribution in [3.05, 3.63) is 145 Å². The zero-order chi connectivity index (χ0) is 60.1. The fourth-order valence-electron chi connectivity index (χ4n) is 6.71.